The van der Waals surface area contributed by atoms with Gasteiger partial charge in [-0.2, -0.15) is 0 Å². The number of sulfonamides is 1. The van der Waals surface area contributed by atoms with Crippen molar-refractivity contribution in [1.29, 1.82) is 0 Å². The van der Waals surface area contributed by atoms with E-state index in [9.17, 15) is 13.2 Å². The molecular weight excluding hydrogens is 450 g/mol. The number of aliphatic imine (C=N–C) groups is 1. The van der Waals surface area contributed by atoms with Crippen LogP contribution in [0.1, 0.15) is 23.6 Å². The Labute approximate surface area is 200 Å². The van der Waals surface area contributed by atoms with E-state index in [4.69, 9.17) is 4.74 Å². The fraction of sp³-hybridized carbons (Fsp3) is 0.231. The molecule has 0 heterocycles. The Morgan fingerprint density at radius 1 is 0.912 bits per heavy atom. The van der Waals surface area contributed by atoms with Gasteiger partial charge in [0, 0.05) is 6.42 Å². The summed E-state index contributed by atoms with van der Waals surface area (Å²) in [6, 6.07) is 24.5. The number of esters is 1. The molecule has 8 heteroatoms. The fourth-order valence-electron chi connectivity index (χ4n) is 3.22. The molecule has 0 fully saturated rings. The van der Waals surface area contributed by atoms with Crippen LogP contribution in [0.25, 0.3) is 0 Å². The Bertz CT molecular complexity index is 1200. The lowest BCUT2D eigenvalue weighted by atomic mass is 10.1. The van der Waals surface area contributed by atoms with E-state index in [0.717, 1.165) is 16.7 Å². The maximum atomic E-state index is 13.1. The van der Waals surface area contributed by atoms with Crippen molar-refractivity contribution in [2.75, 3.05) is 6.61 Å². The molecule has 0 aliphatic heterocycles. The summed E-state index contributed by atoms with van der Waals surface area (Å²) in [5, 5.41) is 2.98. The van der Waals surface area contributed by atoms with Gasteiger partial charge < -0.3 is 10.1 Å². The molecule has 0 aliphatic rings. The number of carbonyl (C=O) groups excluding carboxylic acids is 1. The van der Waals surface area contributed by atoms with Gasteiger partial charge >= 0.3 is 5.97 Å². The van der Waals surface area contributed by atoms with Crippen molar-refractivity contribution in [3.05, 3.63) is 102 Å². The minimum absolute atomic E-state index is 0.0292. The molecule has 1 unspecified atom stereocenters. The molecule has 178 valence electrons. The van der Waals surface area contributed by atoms with Gasteiger partial charge in [0.2, 0.25) is 5.96 Å². The number of aryl methyl sites for hydroxylation is 1. The first-order valence-corrected chi connectivity index (χ1v) is 12.5. The highest BCUT2D eigenvalue weighted by molar-refractivity contribution is 7.90. The zero-order chi connectivity index (χ0) is 24.4. The molecule has 0 aliphatic carbocycles. The third-order valence-corrected chi connectivity index (χ3v) is 6.34. The maximum absolute atomic E-state index is 13.1. The SMILES string of the molecule is CCOC(=O)C(Cc1ccccc1)NC(=NCc1ccccc1)NS(=O)(=O)c1ccc(C)cc1. The summed E-state index contributed by atoms with van der Waals surface area (Å²) in [6.45, 7) is 4.03. The third-order valence-electron chi connectivity index (χ3n) is 4.99. The second-order valence-electron chi connectivity index (χ2n) is 7.71. The summed E-state index contributed by atoms with van der Waals surface area (Å²) < 4.78 is 33.9. The van der Waals surface area contributed by atoms with Gasteiger partial charge in [0.05, 0.1) is 18.0 Å². The molecule has 3 rings (SSSR count). The first kappa shape index (κ1) is 25.0. The quantitative estimate of drug-likeness (QED) is 0.278. The molecule has 0 radical (unpaired) electrons. The number of hydrogen-bond acceptors (Lipinski definition) is 5. The predicted octanol–water partition coefficient (Wildman–Crippen LogP) is 3.59. The van der Waals surface area contributed by atoms with Gasteiger partial charge in [0.1, 0.15) is 6.04 Å². The van der Waals surface area contributed by atoms with Crippen LogP contribution in [0.3, 0.4) is 0 Å². The Hall–Kier alpha value is -3.65. The van der Waals surface area contributed by atoms with Gasteiger partial charge in [-0.05, 0) is 37.1 Å². The highest BCUT2D eigenvalue weighted by Gasteiger charge is 2.24. The number of rotatable bonds is 9. The van der Waals surface area contributed by atoms with Gasteiger partial charge in [0.25, 0.3) is 10.0 Å². The predicted molar refractivity (Wildman–Crippen MR) is 133 cm³/mol. The molecule has 3 aromatic carbocycles. The largest absolute Gasteiger partial charge is 0.464 e. The second kappa shape index (κ2) is 12.0. The lowest BCUT2D eigenvalue weighted by molar-refractivity contribution is -0.145. The minimum Gasteiger partial charge on any atom is -0.464 e. The molecule has 34 heavy (non-hydrogen) atoms. The van der Waals surface area contributed by atoms with E-state index in [1.807, 2.05) is 67.6 Å². The Morgan fingerprint density at radius 3 is 2.09 bits per heavy atom. The van der Waals surface area contributed by atoms with E-state index >= 15 is 0 Å². The van der Waals surface area contributed by atoms with Crippen LogP contribution in [0.5, 0.6) is 0 Å². The molecule has 0 bridgehead atoms. The van der Waals surface area contributed by atoms with Crippen LogP contribution in [0, 0.1) is 6.92 Å². The zero-order valence-electron chi connectivity index (χ0n) is 19.3. The number of nitrogens with zero attached hydrogens (tertiary/aromatic N) is 1. The summed E-state index contributed by atoms with van der Waals surface area (Å²) in [6.07, 6.45) is 0.302. The minimum atomic E-state index is -3.93. The lowest BCUT2D eigenvalue weighted by Gasteiger charge is -2.21. The number of hydrogen-bond donors (Lipinski definition) is 2. The number of benzene rings is 3. The Morgan fingerprint density at radius 2 is 1.50 bits per heavy atom. The molecule has 0 spiro atoms. The van der Waals surface area contributed by atoms with E-state index in [-0.39, 0.29) is 24.0 Å². The summed E-state index contributed by atoms with van der Waals surface area (Å²) in [5.74, 6) is -0.522. The maximum Gasteiger partial charge on any atom is 0.328 e. The van der Waals surface area contributed by atoms with E-state index in [0.29, 0.717) is 6.42 Å². The van der Waals surface area contributed by atoms with E-state index in [2.05, 4.69) is 15.0 Å². The molecular formula is C26H29N3O4S. The van der Waals surface area contributed by atoms with Gasteiger partial charge in [-0.1, -0.05) is 78.4 Å². The monoisotopic (exact) mass is 479 g/mol. The highest BCUT2D eigenvalue weighted by atomic mass is 32.2. The van der Waals surface area contributed by atoms with Crippen molar-refractivity contribution in [2.45, 2.75) is 37.8 Å². The van der Waals surface area contributed by atoms with Crippen molar-refractivity contribution in [3.8, 4) is 0 Å². The summed E-state index contributed by atoms with van der Waals surface area (Å²) in [4.78, 5) is 17.3. The highest BCUT2D eigenvalue weighted by Crippen LogP contribution is 2.11. The molecule has 0 saturated heterocycles. The van der Waals surface area contributed by atoms with E-state index in [1.54, 1.807) is 19.1 Å². The summed E-state index contributed by atoms with van der Waals surface area (Å²) in [5.41, 5.74) is 2.74. The van der Waals surface area contributed by atoms with Crippen LogP contribution >= 0.6 is 0 Å². The van der Waals surface area contributed by atoms with Crippen LogP contribution in [-0.2, 0) is 32.5 Å². The molecule has 3 aromatic rings. The van der Waals surface area contributed by atoms with E-state index in [1.165, 1.54) is 12.1 Å². The lowest BCUT2D eigenvalue weighted by Crippen LogP contribution is -2.50. The van der Waals surface area contributed by atoms with E-state index < -0.39 is 22.0 Å². The standard InChI is InChI=1S/C26H29N3O4S/c1-3-33-25(30)24(18-21-10-6-4-7-11-21)28-26(27-19-22-12-8-5-9-13-22)29-34(31,32)23-16-14-20(2)15-17-23/h4-17,24H,3,18-19H2,1-2H3,(H2,27,28,29). The third kappa shape index (κ3) is 7.45. The van der Waals surface area contributed by atoms with Gasteiger partial charge in [-0.25, -0.2) is 22.9 Å². The van der Waals surface area contributed by atoms with Crippen LogP contribution in [0.15, 0.2) is 94.8 Å². The molecule has 1 atom stereocenters. The molecule has 0 aromatic heterocycles. The summed E-state index contributed by atoms with van der Waals surface area (Å²) in [7, 11) is -3.93. The normalized spacial score (nSPS) is 12.6. The topological polar surface area (TPSA) is 96.9 Å². The van der Waals surface area contributed by atoms with Crippen LogP contribution < -0.4 is 10.0 Å². The van der Waals surface area contributed by atoms with Crippen molar-refractivity contribution in [1.82, 2.24) is 10.0 Å². The second-order valence-corrected chi connectivity index (χ2v) is 9.39. The molecule has 7 nitrogen and oxygen atoms in total. The van der Waals surface area contributed by atoms with Crippen LogP contribution in [-0.4, -0.2) is 33.0 Å². The van der Waals surface area contributed by atoms with Crippen molar-refractivity contribution in [2.24, 2.45) is 4.99 Å². The smallest absolute Gasteiger partial charge is 0.328 e. The van der Waals surface area contributed by atoms with Crippen LogP contribution in [0.4, 0.5) is 0 Å². The average molecular weight is 480 g/mol. The molecule has 0 saturated carbocycles. The van der Waals surface area contributed by atoms with Crippen molar-refractivity contribution in [3.63, 3.8) is 0 Å². The first-order chi connectivity index (χ1) is 16.4. The van der Waals surface area contributed by atoms with Crippen molar-refractivity contribution >= 4 is 22.0 Å². The number of guanidine groups is 1. The first-order valence-electron chi connectivity index (χ1n) is 11.0. The van der Waals surface area contributed by atoms with Crippen LogP contribution in [0.2, 0.25) is 0 Å². The number of carbonyl (C=O) groups is 1. The number of nitrogens with one attached hydrogen (secondary N) is 2. The molecule has 2 N–H and O–H groups in total. The molecule has 0 amide bonds. The Kier molecular flexibility index (Phi) is 8.81. The van der Waals surface area contributed by atoms with Gasteiger partial charge in [-0.3, -0.25) is 0 Å². The summed E-state index contributed by atoms with van der Waals surface area (Å²) >= 11 is 0. The average Bonchev–Trinajstić information content (AvgIpc) is 2.83. The fourth-order valence-corrected chi connectivity index (χ4v) is 4.21. The van der Waals surface area contributed by atoms with Crippen molar-refractivity contribution < 1.29 is 17.9 Å². The number of ether oxygens (including phenoxy) is 1. The zero-order valence-corrected chi connectivity index (χ0v) is 20.1. The van der Waals surface area contributed by atoms with Gasteiger partial charge in [-0.15, -0.1) is 0 Å². The Balaban J connectivity index is 1.90. The van der Waals surface area contributed by atoms with Gasteiger partial charge in [0.15, 0.2) is 0 Å².